The zero-order chi connectivity index (χ0) is 17.1. The lowest BCUT2D eigenvalue weighted by molar-refractivity contribution is -0.500. The quantitative estimate of drug-likeness (QED) is 0.480. The molecular weight excluding hydrogens is 308 g/mol. The molecule has 24 heavy (non-hydrogen) atoms. The van der Waals surface area contributed by atoms with E-state index in [-0.39, 0.29) is 11.1 Å². The molecule has 1 saturated carbocycles. The van der Waals surface area contributed by atoms with Gasteiger partial charge in [-0.2, -0.15) is 5.26 Å². The molecule has 1 fully saturated rings. The molecule has 2 aromatic carbocycles. The van der Waals surface area contributed by atoms with Gasteiger partial charge in [0.05, 0.1) is 17.6 Å². The van der Waals surface area contributed by atoms with Crippen molar-refractivity contribution in [1.82, 2.24) is 0 Å². The molecule has 0 saturated heterocycles. The molecule has 2 aliphatic carbocycles. The molecule has 6 nitrogen and oxygen atoms in total. The van der Waals surface area contributed by atoms with Gasteiger partial charge in [0.15, 0.2) is 17.0 Å². The fraction of sp³-hybridized carbons (Fsp3) is 0.167. The standard InChI is InChI=1S/C18H10N2O4/c19-9-10-5-7-11(8-6-10)14-15(20(23)24)18(14)16(21)12-3-1-2-4-13(12)17(18)22/h1-8,14-15H/t14-,15-/m0/s1. The Morgan fingerprint density at radius 2 is 1.54 bits per heavy atom. The monoisotopic (exact) mass is 318 g/mol. The molecule has 0 radical (unpaired) electrons. The average Bonchev–Trinajstić information content (AvgIpc) is 3.27. The Balaban J connectivity index is 1.85. The van der Waals surface area contributed by atoms with Crippen molar-refractivity contribution in [2.75, 3.05) is 0 Å². The number of carbonyl (C=O) groups excluding carboxylic acids is 2. The van der Waals surface area contributed by atoms with E-state index in [9.17, 15) is 19.7 Å². The summed E-state index contributed by atoms with van der Waals surface area (Å²) in [6.07, 6.45) is 0. The lowest BCUT2D eigenvalue weighted by Gasteiger charge is -2.03. The molecule has 2 aromatic rings. The van der Waals surface area contributed by atoms with Crippen LogP contribution in [0.5, 0.6) is 0 Å². The molecule has 2 atom stereocenters. The van der Waals surface area contributed by atoms with Crippen LogP contribution in [0.15, 0.2) is 48.5 Å². The number of nitro groups is 1. The molecule has 0 amide bonds. The van der Waals surface area contributed by atoms with Crippen LogP contribution in [0.25, 0.3) is 0 Å². The molecule has 0 unspecified atom stereocenters. The van der Waals surface area contributed by atoms with Gasteiger partial charge in [-0.3, -0.25) is 19.7 Å². The van der Waals surface area contributed by atoms with Gasteiger partial charge < -0.3 is 0 Å². The van der Waals surface area contributed by atoms with Crippen LogP contribution in [0.4, 0.5) is 0 Å². The van der Waals surface area contributed by atoms with Gasteiger partial charge in [0, 0.05) is 16.1 Å². The molecule has 0 bridgehead atoms. The molecule has 0 heterocycles. The fourth-order valence-corrected chi connectivity index (χ4v) is 3.85. The van der Waals surface area contributed by atoms with Crippen LogP contribution in [0.1, 0.15) is 37.8 Å². The fourth-order valence-electron chi connectivity index (χ4n) is 3.85. The Labute approximate surface area is 136 Å². The third-order valence-corrected chi connectivity index (χ3v) is 4.96. The second kappa shape index (κ2) is 4.59. The van der Waals surface area contributed by atoms with E-state index < -0.39 is 33.9 Å². The topological polar surface area (TPSA) is 101 Å². The van der Waals surface area contributed by atoms with Gasteiger partial charge in [-0.1, -0.05) is 36.4 Å². The van der Waals surface area contributed by atoms with Crippen LogP contribution in [0, 0.1) is 26.9 Å². The van der Waals surface area contributed by atoms with Gasteiger partial charge in [-0.15, -0.1) is 0 Å². The number of nitrogens with zero attached hydrogens (tertiary/aromatic N) is 2. The largest absolute Gasteiger partial charge is 0.293 e. The van der Waals surface area contributed by atoms with Crippen molar-refractivity contribution in [3.63, 3.8) is 0 Å². The number of hydrogen-bond acceptors (Lipinski definition) is 5. The summed E-state index contributed by atoms with van der Waals surface area (Å²) in [7, 11) is 0. The van der Waals surface area contributed by atoms with Crippen LogP contribution >= 0.6 is 0 Å². The zero-order valence-electron chi connectivity index (χ0n) is 12.3. The van der Waals surface area contributed by atoms with Crippen molar-refractivity contribution in [2.24, 2.45) is 5.41 Å². The number of benzene rings is 2. The maximum absolute atomic E-state index is 12.8. The van der Waals surface area contributed by atoms with E-state index in [0.717, 1.165) is 0 Å². The molecule has 4 rings (SSSR count). The van der Waals surface area contributed by atoms with Gasteiger partial charge in [0.25, 0.3) is 0 Å². The SMILES string of the molecule is N#Cc1ccc([C@H]2[C@H]([N+](=O)[O-])C23C(=O)c2ccccc2C3=O)cc1. The summed E-state index contributed by atoms with van der Waals surface area (Å²) < 4.78 is 0. The number of carbonyl (C=O) groups is 2. The zero-order valence-corrected chi connectivity index (χ0v) is 12.3. The van der Waals surface area contributed by atoms with Crippen LogP contribution in [-0.2, 0) is 0 Å². The van der Waals surface area contributed by atoms with Gasteiger partial charge in [-0.05, 0) is 17.7 Å². The highest BCUT2D eigenvalue weighted by Crippen LogP contribution is 2.66. The molecule has 0 aliphatic heterocycles. The number of hydrogen-bond donors (Lipinski definition) is 0. The maximum atomic E-state index is 12.8. The van der Waals surface area contributed by atoms with Crippen LogP contribution in [0.3, 0.4) is 0 Å². The summed E-state index contributed by atoms with van der Waals surface area (Å²) in [5, 5.41) is 20.4. The summed E-state index contributed by atoms with van der Waals surface area (Å²) in [5.74, 6) is -1.74. The Kier molecular flexibility index (Phi) is 2.73. The second-order valence-corrected chi connectivity index (χ2v) is 6.01. The van der Waals surface area contributed by atoms with E-state index in [1.165, 1.54) is 24.3 Å². The highest BCUT2D eigenvalue weighted by atomic mass is 16.6. The minimum atomic E-state index is -1.64. The van der Waals surface area contributed by atoms with Crippen molar-refractivity contribution < 1.29 is 14.5 Å². The summed E-state index contributed by atoms with van der Waals surface area (Å²) in [6.45, 7) is 0. The summed E-state index contributed by atoms with van der Waals surface area (Å²) in [4.78, 5) is 36.7. The van der Waals surface area contributed by atoms with Gasteiger partial charge in [0.2, 0.25) is 6.04 Å². The highest BCUT2D eigenvalue weighted by molar-refractivity contribution is 6.33. The van der Waals surface area contributed by atoms with E-state index in [0.29, 0.717) is 11.1 Å². The second-order valence-electron chi connectivity index (χ2n) is 6.01. The Hall–Kier alpha value is -3.33. The van der Waals surface area contributed by atoms with Crippen molar-refractivity contribution in [1.29, 1.82) is 5.26 Å². The van der Waals surface area contributed by atoms with Crippen LogP contribution in [-0.4, -0.2) is 22.5 Å². The smallest absolute Gasteiger partial charge is 0.242 e. The molecular formula is C18H10N2O4. The summed E-state index contributed by atoms with van der Waals surface area (Å²) >= 11 is 0. The molecule has 0 N–H and O–H groups in total. The van der Waals surface area contributed by atoms with Crippen molar-refractivity contribution in [3.8, 4) is 6.07 Å². The first-order valence-corrected chi connectivity index (χ1v) is 7.35. The number of nitriles is 1. The van der Waals surface area contributed by atoms with E-state index in [1.807, 2.05) is 6.07 Å². The van der Waals surface area contributed by atoms with Crippen molar-refractivity contribution >= 4 is 11.6 Å². The highest BCUT2D eigenvalue weighted by Gasteiger charge is 2.84. The van der Waals surface area contributed by atoms with Crippen molar-refractivity contribution in [2.45, 2.75) is 12.0 Å². The Bertz CT molecular complexity index is 921. The summed E-state index contributed by atoms with van der Waals surface area (Å²) in [6, 6.07) is 13.3. The first-order valence-electron chi connectivity index (χ1n) is 7.35. The predicted molar refractivity (Wildman–Crippen MR) is 82.2 cm³/mol. The number of ketones is 2. The van der Waals surface area contributed by atoms with Gasteiger partial charge >= 0.3 is 0 Å². The van der Waals surface area contributed by atoms with Gasteiger partial charge in [-0.25, -0.2) is 0 Å². The molecule has 6 heteroatoms. The van der Waals surface area contributed by atoms with Crippen molar-refractivity contribution in [3.05, 3.63) is 80.9 Å². The lowest BCUT2D eigenvalue weighted by atomic mass is 9.93. The maximum Gasteiger partial charge on any atom is 0.242 e. The Morgan fingerprint density at radius 1 is 1.00 bits per heavy atom. The Morgan fingerprint density at radius 3 is 2.00 bits per heavy atom. The first-order chi connectivity index (χ1) is 11.5. The predicted octanol–water partition coefficient (Wildman–Crippen LogP) is 2.37. The average molecular weight is 318 g/mol. The first kappa shape index (κ1) is 14.3. The minimum absolute atomic E-state index is 0.255. The minimum Gasteiger partial charge on any atom is -0.293 e. The van der Waals surface area contributed by atoms with E-state index in [2.05, 4.69) is 0 Å². The molecule has 1 spiro atoms. The van der Waals surface area contributed by atoms with Gasteiger partial charge in [0.1, 0.15) is 0 Å². The third kappa shape index (κ3) is 1.53. The van der Waals surface area contributed by atoms with Crippen LogP contribution < -0.4 is 0 Å². The number of fused-ring (bicyclic) bond motifs is 1. The summed E-state index contributed by atoms with van der Waals surface area (Å²) in [5.41, 5.74) is -0.180. The molecule has 2 aliphatic rings. The number of Topliss-reactive ketones (excluding diaryl/α,β-unsaturated/α-hetero) is 2. The normalized spacial score (nSPS) is 23.0. The lowest BCUT2D eigenvalue weighted by Crippen LogP contribution is -2.25. The van der Waals surface area contributed by atoms with E-state index in [4.69, 9.17) is 5.26 Å². The van der Waals surface area contributed by atoms with E-state index in [1.54, 1.807) is 24.3 Å². The van der Waals surface area contributed by atoms with Crippen LogP contribution in [0.2, 0.25) is 0 Å². The third-order valence-electron chi connectivity index (χ3n) is 4.96. The number of rotatable bonds is 2. The van der Waals surface area contributed by atoms with E-state index >= 15 is 0 Å². The molecule has 116 valence electrons. The molecule has 0 aromatic heterocycles.